The van der Waals surface area contributed by atoms with Crippen LogP contribution in [0, 0.1) is 11.6 Å². The smallest absolute Gasteiger partial charge is 0.243 e. The standard InChI is InChI=1S/C11H15F2NO4S/c1-7(6-18-2)14-19(16,17)10-4-8(5-15)3-9(12)11(10)13/h3-4,7,14-15H,5-6H2,1-2H3. The molecule has 0 heterocycles. The monoisotopic (exact) mass is 295 g/mol. The highest BCUT2D eigenvalue weighted by Gasteiger charge is 2.24. The van der Waals surface area contributed by atoms with Gasteiger partial charge in [-0.2, -0.15) is 0 Å². The van der Waals surface area contributed by atoms with Gasteiger partial charge in [0.25, 0.3) is 0 Å². The maximum absolute atomic E-state index is 13.5. The first-order valence-electron chi connectivity index (χ1n) is 5.42. The number of sulfonamides is 1. The molecule has 0 aromatic heterocycles. The highest BCUT2D eigenvalue weighted by molar-refractivity contribution is 7.89. The van der Waals surface area contributed by atoms with Crippen LogP contribution in [0.15, 0.2) is 17.0 Å². The van der Waals surface area contributed by atoms with E-state index in [1.807, 2.05) is 0 Å². The summed E-state index contributed by atoms with van der Waals surface area (Å²) in [6.07, 6.45) is 0. The molecule has 8 heteroatoms. The number of methoxy groups -OCH3 is 1. The van der Waals surface area contributed by atoms with Crippen molar-refractivity contribution in [2.75, 3.05) is 13.7 Å². The van der Waals surface area contributed by atoms with Crippen molar-refractivity contribution in [2.24, 2.45) is 0 Å². The van der Waals surface area contributed by atoms with E-state index in [9.17, 15) is 17.2 Å². The minimum Gasteiger partial charge on any atom is -0.392 e. The Labute approximate surface area is 110 Å². The quantitative estimate of drug-likeness (QED) is 0.813. The number of benzene rings is 1. The Bertz CT molecular complexity index is 548. The van der Waals surface area contributed by atoms with Gasteiger partial charge in [-0.3, -0.25) is 0 Å². The van der Waals surface area contributed by atoms with Crippen molar-refractivity contribution >= 4 is 10.0 Å². The molecule has 2 N–H and O–H groups in total. The van der Waals surface area contributed by atoms with E-state index in [2.05, 4.69) is 4.72 Å². The molecule has 0 aliphatic heterocycles. The molecule has 1 aromatic rings. The number of hydrogen-bond donors (Lipinski definition) is 2. The summed E-state index contributed by atoms with van der Waals surface area (Å²) in [5.41, 5.74) is -0.0290. The SMILES string of the molecule is COCC(C)NS(=O)(=O)c1cc(CO)cc(F)c1F. The van der Waals surface area contributed by atoms with E-state index in [-0.39, 0.29) is 12.2 Å². The van der Waals surface area contributed by atoms with Gasteiger partial charge in [0.2, 0.25) is 10.0 Å². The van der Waals surface area contributed by atoms with Crippen LogP contribution in [0.3, 0.4) is 0 Å². The lowest BCUT2D eigenvalue weighted by Gasteiger charge is -2.14. The summed E-state index contributed by atoms with van der Waals surface area (Å²) < 4.78 is 57.5. The number of rotatable bonds is 6. The van der Waals surface area contributed by atoms with Gasteiger partial charge in [0.05, 0.1) is 13.2 Å². The molecule has 0 radical (unpaired) electrons. The molecule has 0 aliphatic rings. The largest absolute Gasteiger partial charge is 0.392 e. The Morgan fingerprint density at radius 1 is 1.42 bits per heavy atom. The van der Waals surface area contributed by atoms with Gasteiger partial charge in [-0.15, -0.1) is 0 Å². The van der Waals surface area contributed by atoms with Crippen molar-refractivity contribution in [3.05, 3.63) is 29.3 Å². The van der Waals surface area contributed by atoms with E-state index in [0.717, 1.165) is 12.1 Å². The molecule has 5 nitrogen and oxygen atoms in total. The maximum atomic E-state index is 13.5. The highest BCUT2D eigenvalue weighted by atomic mass is 32.2. The van der Waals surface area contributed by atoms with Gasteiger partial charge in [0.1, 0.15) is 4.90 Å². The number of hydrogen-bond acceptors (Lipinski definition) is 4. The third-order valence-corrected chi connectivity index (χ3v) is 3.89. The van der Waals surface area contributed by atoms with Gasteiger partial charge >= 0.3 is 0 Å². The van der Waals surface area contributed by atoms with Gasteiger partial charge in [0.15, 0.2) is 11.6 Å². The Morgan fingerprint density at radius 2 is 2.05 bits per heavy atom. The van der Waals surface area contributed by atoms with Crippen LogP contribution in [-0.4, -0.2) is 33.3 Å². The normalized spacial score (nSPS) is 13.5. The predicted molar refractivity (Wildman–Crippen MR) is 63.9 cm³/mol. The topological polar surface area (TPSA) is 75.6 Å². The van der Waals surface area contributed by atoms with Crippen LogP contribution < -0.4 is 4.72 Å². The lowest BCUT2D eigenvalue weighted by atomic mass is 10.2. The molecule has 0 bridgehead atoms. The van der Waals surface area contributed by atoms with Gasteiger partial charge in [-0.1, -0.05) is 0 Å². The molecule has 0 aliphatic carbocycles. The number of aliphatic hydroxyl groups excluding tert-OH is 1. The second kappa shape index (κ2) is 6.38. The van der Waals surface area contributed by atoms with Crippen molar-refractivity contribution in [3.8, 4) is 0 Å². The molecular weight excluding hydrogens is 280 g/mol. The van der Waals surface area contributed by atoms with Crippen molar-refractivity contribution in [1.82, 2.24) is 4.72 Å². The third-order valence-electron chi connectivity index (χ3n) is 2.30. The molecule has 19 heavy (non-hydrogen) atoms. The first kappa shape index (κ1) is 16.0. The Morgan fingerprint density at radius 3 is 2.58 bits per heavy atom. The minimum absolute atomic E-state index is 0.0290. The molecular formula is C11H15F2NO4S. The van der Waals surface area contributed by atoms with E-state index >= 15 is 0 Å². The van der Waals surface area contributed by atoms with E-state index in [4.69, 9.17) is 9.84 Å². The zero-order chi connectivity index (χ0) is 14.6. The second-order valence-electron chi connectivity index (χ2n) is 4.03. The Balaban J connectivity index is 3.17. The van der Waals surface area contributed by atoms with Crippen LogP contribution in [0.1, 0.15) is 12.5 Å². The minimum atomic E-state index is -4.22. The summed E-state index contributed by atoms with van der Waals surface area (Å²) >= 11 is 0. The number of nitrogens with one attached hydrogen (secondary N) is 1. The summed E-state index contributed by atoms with van der Waals surface area (Å²) in [6, 6.07) is 1.03. The van der Waals surface area contributed by atoms with E-state index in [1.54, 1.807) is 0 Å². The lowest BCUT2D eigenvalue weighted by molar-refractivity contribution is 0.180. The molecule has 1 rings (SSSR count). The van der Waals surface area contributed by atoms with Crippen molar-refractivity contribution < 1.29 is 27.0 Å². The maximum Gasteiger partial charge on any atom is 0.243 e. The van der Waals surface area contributed by atoms with Crippen LogP contribution in [-0.2, 0) is 21.4 Å². The first-order valence-corrected chi connectivity index (χ1v) is 6.90. The van der Waals surface area contributed by atoms with Gasteiger partial charge in [-0.05, 0) is 24.6 Å². The van der Waals surface area contributed by atoms with Gasteiger partial charge < -0.3 is 9.84 Å². The first-order chi connectivity index (χ1) is 8.81. The molecule has 1 atom stereocenters. The number of halogens is 2. The molecule has 0 saturated carbocycles. The van der Waals surface area contributed by atoms with Crippen LogP contribution in [0.5, 0.6) is 0 Å². The van der Waals surface area contributed by atoms with Crippen LogP contribution >= 0.6 is 0 Å². The molecule has 1 unspecified atom stereocenters. The third kappa shape index (κ3) is 3.93. The Hall–Kier alpha value is -1.09. The second-order valence-corrected chi connectivity index (χ2v) is 5.71. The predicted octanol–water partition coefficient (Wildman–Crippen LogP) is 0.770. The number of ether oxygens (including phenoxy) is 1. The molecule has 0 fully saturated rings. The van der Waals surface area contributed by atoms with E-state index < -0.39 is 39.2 Å². The molecule has 1 aromatic carbocycles. The molecule has 0 saturated heterocycles. The fourth-order valence-electron chi connectivity index (χ4n) is 1.52. The van der Waals surface area contributed by atoms with E-state index in [0.29, 0.717) is 0 Å². The van der Waals surface area contributed by atoms with Gasteiger partial charge in [0, 0.05) is 13.2 Å². The average molecular weight is 295 g/mol. The summed E-state index contributed by atoms with van der Waals surface area (Å²) in [6.45, 7) is 1.02. The summed E-state index contributed by atoms with van der Waals surface area (Å²) in [4.78, 5) is -0.834. The fraction of sp³-hybridized carbons (Fsp3) is 0.455. The van der Waals surface area contributed by atoms with Crippen molar-refractivity contribution in [2.45, 2.75) is 24.5 Å². The summed E-state index contributed by atoms with van der Waals surface area (Å²) in [5, 5.41) is 8.88. The summed E-state index contributed by atoms with van der Waals surface area (Å²) in [7, 11) is -2.84. The van der Waals surface area contributed by atoms with Crippen LogP contribution in [0.4, 0.5) is 8.78 Å². The lowest BCUT2D eigenvalue weighted by Crippen LogP contribution is -2.36. The van der Waals surface area contributed by atoms with Crippen molar-refractivity contribution in [1.29, 1.82) is 0 Å². The van der Waals surface area contributed by atoms with Crippen LogP contribution in [0.2, 0.25) is 0 Å². The van der Waals surface area contributed by atoms with Gasteiger partial charge in [-0.25, -0.2) is 21.9 Å². The molecule has 0 spiro atoms. The van der Waals surface area contributed by atoms with Crippen LogP contribution in [0.25, 0.3) is 0 Å². The molecule has 108 valence electrons. The zero-order valence-electron chi connectivity index (χ0n) is 10.5. The number of aliphatic hydroxyl groups is 1. The molecule has 0 amide bonds. The Kier molecular flexibility index (Phi) is 5.36. The highest BCUT2D eigenvalue weighted by Crippen LogP contribution is 2.20. The summed E-state index contributed by atoms with van der Waals surface area (Å²) in [5.74, 6) is -2.80. The zero-order valence-corrected chi connectivity index (χ0v) is 11.3. The van der Waals surface area contributed by atoms with Crippen molar-refractivity contribution in [3.63, 3.8) is 0 Å². The average Bonchev–Trinajstić information content (AvgIpc) is 2.31. The fourth-order valence-corrected chi connectivity index (χ4v) is 2.88. The van der Waals surface area contributed by atoms with E-state index in [1.165, 1.54) is 14.0 Å².